The number of carbonyl (C=O) groups is 1. The number of nitrogen functional groups attached to an aromatic ring is 1. The van der Waals surface area contributed by atoms with E-state index >= 15 is 0 Å². The Morgan fingerprint density at radius 3 is 2.80 bits per heavy atom. The highest BCUT2D eigenvalue weighted by Gasteiger charge is 2.24. The molecule has 0 bridgehead atoms. The summed E-state index contributed by atoms with van der Waals surface area (Å²) >= 11 is 1.39. The zero-order valence-electron chi connectivity index (χ0n) is 11.2. The smallest absolute Gasteiger partial charge is 0.268 e. The van der Waals surface area contributed by atoms with Gasteiger partial charge in [0.25, 0.3) is 5.91 Å². The van der Waals surface area contributed by atoms with Crippen LogP contribution in [0.15, 0.2) is 12.2 Å². The third-order valence-corrected chi connectivity index (χ3v) is 4.58. The molecule has 2 aliphatic heterocycles. The highest BCUT2D eigenvalue weighted by molar-refractivity contribution is 7.18. The molecular weight excluding hydrogens is 276 g/mol. The van der Waals surface area contributed by atoms with Gasteiger partial charge in [-0.3, -0.25) is 4.79 Å². The molecule has 0 spiro atoms. The molecule has 0 aliphatic carbocycles. The summed E-state index contributed by atoms with van der Waals surface area (Å²) in [7, 11) is 0. The standard InChI is InChI=1S/C13H18N4O2S/c14-11-10(12(18)16-4-2-1-3-5-16)20-13(15-11)17-6-8-19-9-7-17/h1-2H,3-9,14H2. The zero-order valence-corrected chi connectivity index (χ0v) is 12.1. The van der Waals surface area contributed by atoms with Crippen molar-refractivity contribution in [1.29, 1.82) is 0 Å². The maximum absolute atomic E-state index is 12.5. The molecule has 0 unspecified atom stereocenters. The van der Waals surface area contributed by atoms with Crippen LogP contribution in [0.2, 0.25) is 0 Å². The number of rotatable bonds is 2. The minimum atomic E-state index is -0.0103. The van der Waals surface area contributed by atoms with E-state index < -0.39 is 0 Å². The van der Waals surface area contributed by atoms with Crippen LogP contribution in [-0.4, -0.2) is 55.2 Å². The predicted molar refractivity (Wildman–Crippen MR) is 79.2 cm³/mol. The molecule has 1 aromatic rings. The van der Waals surface area contributed by atoms with E-state index in [2.05, 4.69) is 16.0 Å². The lowest BCUT2D eigenvalue weighted by Gasteiger charge is -2.26. The molecule has 6 nitrogen and oxygen atoms in total. The van der Waals surface area contributed by atoms with Crippen LogP contribution in [0, 0.1) is 0 Å². The number of amides is 1. The first-order chi connectivity index (χ1) is 9.75. The van der Waals surface area contributed by atoms with Crippen LogP contribution in [0.5, 0.6) is 0 Å². The number of hydrogen-bond donors (Lipinski definition) is 1. The van der Waals surface area contributed by atoms with Gasteiger partial charge in [0.15, 0.2) is 5.13 Å². The molecule has 1 fully saturated rings. The van der Waals surface area contributed by atoms with Crippen LogP contribution in [0.1, 0.15) is 16.1 Å². The average Bonchev–Trinajstić information content (AvgIpc) is 2.90. The van der Waals surface area contributed by atoms with Crippen LogP contribution in [0.3, 0.4) is 0 Å². The van der Waals surface area contributed by atoms with Crippen LogP contribution in [-0.2, 0) is 4.74 Å². The number of anilines is 2. The van der Waals surface area contributed by atoms with Crippen molar-refractivity contribution < 1.29 is 9.53 Å². The molecule has 1 aromatic heterocycles. The van der Waals surface area contributed by atoms with Gasteiger partial charge in [0.05, 0.1) is 13.2 Å². The van der Waals surface area contributed by atoms with Gasteiger partial charge in [-0.2, -0.15) is 0 Å². The molecule has 2 aliphatic rings. The minimum absolute atomic E-state index is 0.0103. The van der Waals surface area contributed by atoms with Gasteiger partial charge < -0.3 is 20.3 Å². The first kappa shape index (κ1) is 13.4. The number of ether oxygens (including phenoxy) is 1. The molecule has 0 aromatic carbocycles. The lowest BCUT2D eigenvalue weighted by molar-refractivity contribution is 0.0776. The molecule has 0 radical (unpaired) electrons. The number of hydrogen-bond acceptors (Lipinski definition) is 6. The van der Waals surface area contributed by atoms with E-state index in [1.165, 1.54) is 11.3 Å². The molecule has 108 valence electrons. The van der Waals surface area contributed by atoms with Gasteiger partial charge in [0, 0.05) is 26.2 Å². The summed E-state index contributed by atoms with van der Waals surface area (Å²) in [4.78, 5) is 21.3. The average molecular weight is 294 g/mol. The number of aromatic nitrogens is 1. The predicted octanol–water partition coefficient (Wildman–Crippen LogP) is 0.964. The summed E-state index contributed by atoms with van der Waals surface area (Å²) in [5, 5.41) is 0.821. The first-order valence-electron chi connectivity index (χ1n) is 6.79. The van der Waals surface area contributed by atoms with Crippen LogP contribution in [0.25, 0.3) is 0 Å². The summed E-state index contributed by atoms with van der Waals surface area (Å²) < 4.78 is 5.32. The SMILES string of the molecule is Nc1nc(N2CCOCC2)sc1C(=O)N1CC=CCC1. The molecule has 2 N–H and O–H groups in total. The maximum atomic E-state index is 12.5. The Labute approximate surface area is 121 Å². The largest absolute Gasteiger partial charge is 0.382 e. The summed E-state index contributed by atoms with van der Waals surface area (Å²) in [6.45, 7) is 4.39. The Balaban J connectivity index is 1.77. The van der Waals surface area contributed by atoms with Crippen molar-refractivity contribution in [1.82, 2.24) is 9.88 Å². The Kier molecular flexibility index (Phi) is 3.88. The second-order valence-electron chi connectivity index (χ2n) is 4.82. The van der Waals surface area contributed by atoms with Crippen molar-refractivity contribution in [2.24, 2.45) is 0 Å². The first-order valence-corrected chi connectivity index (χ1v) is 7.60. The van der Waals surface area contributed by atoms with Crippen LogP contribution >= 0.6 is 11.3 Å². The third-order valence-electron chi connectivity index (χ3n) is 3.46. The molecule has 1 saturated heterocycles. The summed E-state index contributed by atoms with van der Waals surface area (Å²) in [5.41, 5.74) is 5.93. The van der Waals surface area contributed by atoms with Crippen molar-refractivity contribution in [3.05, 3.63) is 17.0 Å². The van der Waals surface area contributed by atoms with Gasteiger partial charge in [0.2, 0.25) is 0 Å². The quantitative estimate of drug-likeness (QED) is 0.823. The van der Waals surface area contributed by atoms with Gasteiger partial charge >= 0.3 is 0 Å². The van der Waals surface area contributed by atoms with Gasteiger partial charge in [0.1, 0.15) is 10.7 Å². The number of nitrogens with zero attached hydrogens (tertiary/aromatic N) is 3. The number of carbonyl (C=O) groups excluding carboxylic acids is 1. The summed E-state index contributed by atoms with van der Waals surface area (Å²) in [5.74, 6) is 0.333. The number of morpholine rings is 1. The van der Waals surface area contributed by atoms with Gasteiger partial charge in [-0.25, -0.2) is 4.98 Å². The van der Waals surface area contributed by atoms with Gasteiger partial charge in [-0.05, 0) is 6.42 Å². The third kappa shape index (κ3) is 2.64. The molecule has 1 amide bonds. The van der Waals surface area contributed by atoms with Crippen molar-refractivity contribution in [2.75, 3.05) is 50.0 Å². The van der Waals surface area contributed by atoms with Crippen molar-refractivity contribution in [2.45, 2.75) is 6.42 Å². The molecule has 0 saturated carbocycles. The van der Waals surface area contributed by atoms with Crippen molar-refractivity contribution in [3.63, 3.8) is 0 Å². The van der Waals surface area contributed by atoms with Crippen molar-refractivity contribution >= 4 is 28.2 Å². The van der Waals surface area contributed by atoms with E-state index in [4.69, 9.17) is 10.5 Å². The van der Waals surface area contributed by atoms with Crippen molar-refractivity contribution in [3.8, 4) is 0 Å². The van der Waals surface area contributed by atoms with Gasteiger partial charge in [-0.1, -0.05) is 23.5 Å². The summed E-state index contributed by atoms with van der Waals surface area (Å²) in [6, 6.07) is 0. The fraction of sp³-hybridized carbons (Fsp3) is 0.538. The maximum Gasteiger partial charge on any atom is 0.268 e. The number of nitrogens with two attached hydrogens (primary N) is 1. The summed E-state index contributed by atoms with van der Waals surface area (Å²) in [6.07, 6.45) is 5.02. The highest BCUT2D eigenvalue weighted by atomic mass is 32.1. The lowest BCUT2D eigenvalue weighted by Crippen LogP contribution is -2.36. The van der Waals surface area contributed by atoms with Crippen LogP contribution < -0.4 is 10.6 Å². The highest BCUT2D eigenvalue weighted by Crippen LogP contribution is 2.30. The topological polar surface area (TPSA) is 71.7 Å². The second-order valence-corrected chi connectivity index (χ2v) is 5.80. The molecular formula is C13H18N4O2S. The zero-order chi connectivity index (χ0) is 13.9. The Morgan fingerprint density at radius 1 is 1.30 bits per heavy atom. The molecule has 7 heteroatoms. The molecule has 0 atom stereocenters. The van der Waals surface area contributed by atoms with E-state index in [1.807, 2.05) is 11.0 Å². The van der Waals surface area contributed by atoms with E-state index in [0.717, 1.165) is 31.2 Å². The fourth-order valence-corrected chi connectivity index (χ4v) is 3.34. The normalized spacial score (nSPS) is 19.4. The minimum Gasteiger partial charge on any atom is -0.382 e. The van der Waals surface area contributed by atoms with Gasteiger partial charge in [-0.15, -0.1) is 0 Å². The molecule has 3 heterocycles. The van der Waals surface area contributed by atoms with E-state index in [1.54, 1.807) is 0 Å². The number of thiazole rings is 1. The monoisotopic (exact) mass is 294 g/mol. The van der Waals surface area contributed by atoms with Crippen LogP contribution in [0.4, 0.5) is 10.9 Å². The molecule has 20 heavy (non-hydrogen) atoms. The Morgan fingerprint density at radius 2 is 2.10 bits per heavy atom. The van der Waals surface area contributed by atoms with E-state index in [9.17, 15) is 4.79 Å². The molecule has 3 rings (SSSR count). The Bertz CT molecular complexity index is 522. The fourth-order valence-electron chi connectivity index (χ4n) is 2.33. The Hall–Kier alpha value is -1.60. The lowest BCUT2D eigenvalue weighted by atomic mass is 10.2. The van der Waals surface area contributed by atoms with E-state index in [-0.39, 0.29) is 5.91 Å². The second kappa shape index (κ2) is 5.80. The van der Waals surface area contributed by atoms with E-state index in [0.29, 0.717) is 30.5 Å².